The minimum atomic E-state index is 0. The first-order chi connectivity index (χ1) is 10.0. The molecule has 0 aromatic carbocycles. The highest BCUT2D eigenvalue weighted by molar-refractivity contribution is 5.85. The zero-order chi connectivity index (χ0) is 15.4. The molecule has 124 valence electrons. The number of methoxy groups -OCH3 is 1. The van der Waals surface area contributed by atoms with Gasteiger partial charge >= 0.3 is 0 Å². The second-order valence-electron chi connectivity index (χ2n) is 5.76. The van der Waals surface area contributed by atoms with E-state index in [4.69, 9.17) is 4.74 Å². The minimum Gasteiger partial charge on any atom is -0.496 e. The number of nitrogens with zero attached hydrogens (tertiary/aromatic N) is 2. The van der Waals surface area contributed by atoms with Crippen LogP contribution in [0.1, 0.15) is 29.7 Å². The fourth-order valence-electron chi connectivity index (χ4n) is 2.91. The number of carbonyl (C=O) groups excluding carboxylic acids is 1. The number of halogens is 1. The number of ether oxygens (including phenoxy) is 1. The van der Waals surface area contributed by atoms with Crippen molar-refractivity contribution in [1.82, 2.24) is 15.2 Å². The van der Waals surface area contributed by atoms with E-state index in [2.05, 4.69) is 10.3 Å². The second-order valence-corrected chi connectivity index (χ2v) is 5.76. The lowest BCUT2D eigenvalue weighted by Gasteiger charge is -2.27. The van der Waals surface area contributed by atoms with Gasteiger partial charge in [-0.15, -0.1) is 12.4 Å². The SMILES string of the molecule is COc1c(C)cnc(CN(C)C(=O)C2CCNCC2)c1C.Cl. The van der Waals surface area contributed by atoms with Crippen LogP contribution < -0.4 is 10.1 Å². The van der Waals surface area contributed by atoms with Gasteiger partial charge in [0.15, 0.2) is 0 Å². The summed E-state index contributed by atoms with van der Waals surface area (Å²) in [6, 6.07) is 0. The summed E-state index contributed by atoms with van der Waals surface area (Å²) in [5.41, 5.74) is 2.94. The zero-order valence-electron chi connectivity index (χ0n) is 13.8. The molecule has 1 aromatic heterocycles. The highest BCUT2D eigenvalue weighted by Crippen LogP contribution is 2.25. The normalized spacial score (nSPS) is 15.1. The Morgan fingerprint density at radius 2 is 2.05 bits per heavy atom. The fraction of sp³-hybridized carbons (Fsp3) is 0.625. The zero-order valence-corrected chi connectivity index (χ0v) is 14.6. The number of amides is 1. The molecule has 0 bridgehead atoms. The molecule has 1 saturated heterocycles. The molecule has 1 amide bonds. The maximum atomic E-state index is 12.5. The Labute approximate surface area is 138 Å². The summed E-state index contributed by atoms with van der Waals surface area (Å²) in [5, 5.41) is 3.29. The number of hydrogen-bond donors (Lipinski definition) is 1. The van der Waals surface area contributed by atoms with E-state index >= 15 is 0 Å². The van der Waals surface area contributed by atoms with Crippen molar-refractivity contribution >= 4 is 18.3 Å². The Balaban J connectivity index is 0.00000242. The van der Waals surface area contributed by atoms with E-state index < -0.39 is 0 Å². The molecule has 2 rings (SSSR count). The van der Waals surface area contributed by atoms with Crippen molar-refractivity contribution in [3.05, 3.63) is 23.0 Å². The van der Waals surface area contributed by atoms with E-state index in [0.717, 1.165) is 48.5 Å². The first-order valence-electron chi connectivity index (χ1n) is 7.49. The lowest BCUT2D eigenvalue weighted by Crippen LogP contribution is -2.39. The molecule has 5 nitrogen and oxygen atoms in total. The summed E-state index contributed by atoms with van der Waals surface area (Å²) in [5.74, 6) is 1.23. The summed E-state index contributed by atoms with van der Waals surface area (Å²) >= 11 is 0. The van der Waals surface area contributed by atoms with Crippen molar-refractivity contribution in [1.29, 1.82) is 0 Å². The van der Waals surface area contributed by atoms with Gasteiger partial charge in [-0.25, -0.2) is 0 Å². The molecule has 1 aromatic rings. The van der Waals surface area contributed by atoms with Gasteiger partial charge in [-0.3, -0.25) is 9.78 Å². The van der Waals surface area contributed by atoms with E-state index in [1.54, 1.807) is 12.0 Å². The van der Waals surface area contributed by atoms with Crippen molar-refractivity contribution in [2.24, 2.45) is 5.92 Å². The predicted octanol–water partition coefficient (Wildman–Crippen LogP) is 2.09. The van der Waals surface area contributed by atoms with Crippen LogP contribution in [0.4, 0.5) is 0 Å². The Hall–Kier alpha value is -1.33. The largest absolute Gasteiger partial charge is 0.496 e. The van der Waals surface area contributed by atoms with Crippen molar-refractivity contribution in [2.45, 2.75) is 33.2 Å². The van der Waals surface area contributed by atoms with Gasteiger partial charge in [0.2, 0.25) is 5.91 Å². The van der Waals surface area contributed by atoms with Crippen LogP contribution in [0, 0.1) is 19.8 Å². The van der Waals surface area contributed by atoms with Crippen molar-refractivity contribution in [3.8, 4) is 5.75 Å². The number of pyridine rings is 1. The van der Waals surface area contributed by atoms with Crippen molar-refractivity contribution in [2.75, 3.05) is 27.2 Å². The Morgan fingerprint density at radius 1 is 1.41 bits per heavy atom. The van der Waals surface area contributed by atoms with Crippen LogP contribution in [0.25, 0.3) is 0 Å². The molecular formula is C16H26ClN3O2. The van der Waals surface area contributed by atoms with Crippen molar-refractivity contribution in [3.63, 3.8) is 0 Å². The third-order valence-corrected chi connectivity index (χ3v) is 4.20. The number of piperidine rings is 1. The third kappa shape index (κ3) is 4.11. The second kappa shape index (κ2) is 8.34. The lowest BCUT2D eigenvalue weighted by molar-refractivity contribution is -0.135. The Kier molecular flexibility index (Phi) is 7.10. The molecule has 0 spiro atoms. The fourth-order valence-corrected chi connectivity index (χ4v) is 2.91. The van der Waals surface area contributed by atoms with E-state index in [9.17, 15) is 4.79 Å². The van der Waals surface area contributed by atoms with Gasteiger partial charge in [0.05, 0.1) is 19.3 Å². The van der Waals surface area contributed by atoms with Crippen LogP contribution in [0.5, 0.6) is 5.75 Å². The smallest absolute Gasteiger partial charge is 0.225 e. The molecule has 1 aliphatic heterocycles. The minimum absolute atomic E-state index is 0. The molecule has 1 aliphatic rings. The van der Waals surface area contributed by atoms with E-state index in [-0.39, 0.29) is 24.2 Å². The first-order valence-corrected chi connectivity index (χ1v) is 7.49. The molecule has 0 saturated carbocycles. The molecule has 0 atom stereocenters. The molecular weight excluding hydrogens is 302 g/mol. The van der Waals surface area contributed by atoms with Crippen LogP contribution >= 0.6 is 12.4 Å². The Bertz CT molecular complexity index is 516. The lowest BCUT2D eigenvalue weighted by atomic mass is 9.96. The highest BCUT2D eigenvalue weighted by atomic mass is 35.5. The van der Waals surface area contributed by atoms with Gasteiger partial charge in [0, 0.05) is 30.3 Å². The maximum absolute atomic E-state index is 12.5. The average Bonchev–Trinajstić information content (AvgIpc) is 2.50. The average molecular weight is 328 g/mol. The molecule has 1 N–H and O–H groups in total. The topological polar surface area (TPSA) is 54.5 Å². The molecule has 2 heterocycles. The van der Waals surface area contributed by atoms with Crippen LogP contribution in [-0.4, -0.2) is 43.0 Å². The standard InChI is InChI=1S/C16H25N3O2.ClH/c1-11-9-18-14(12(2)15(11)21-4)10-19(3)16(20)13-5-7-17-8-6-13;/h9,13,17H,5-8,10H2,1-4H3;1H. The van der Waals surface area contributed by atoms with Crippen LogP contribution in [0.15, 0.2) is 6.20 Å². The van der Waals surface area contributed by atoms with Crippen LogP contribution in [-0.2, 0) is 11.3 Å². The predicted molar refractivity (Wildman–Crippen MR) is 89.6 cm³/mol. The number of aryl methyl sites for hydroxylation is 1. The summed E-state index contributed by atoms with van der Waals surface area (Å²) in [4.78, 5) is 18.7. The third-order valence-electron chi connectivity index (χ3n) is 4.20. The van der Waals surface area contributed by atoms with E-state index in [0.29, 0.717) is 6.54 Å². The number of aromatic nitrogens is 1. The van der Waals surface area contributed by atoms with Crippen molar-refractivity contribution < 1.29 is 9.53 Å². The van der Waals surface area contributed by atoms with Gasteiger partial charge in [0.1, 0.15) is 5.75 Å². The van der Waals surface area contributed by atoms with E-state index in [1.807, 2.05) is 27.1 Å². The Morgan fingerprint density at radius 3 is 2.64 bits per heavy atom. The molecule has 0 radical (unpaired) electrons. The summed E-state index contributed by atoms with van der Waals surface area (Å²) in [7, 11) is 3.53. The quantitative estimate of drug-likeness (QED) is 0.920. The molecule has 0 aliphatic carbocycles. The number of nitrogens with one attached hydrogen (secondary N) is 1. The maximum Gasteiger partial charge on any atom is 0.225 e. The van der Waals surface area contributed by atoms with Crippen LogP contribution in [0.3, 0.4) is 0 Å². The summed E-state index contributed by atoms with van der Waals surface area (Å²) in [6.45, 7) is 6.37. The molecule has 6 heteroatoms. The first kappa shape index (κ1) is 18.7. The molecule has 0 unspecified atom stereocenters. The van der Waals surface area contributed by atoms with Crippen LogP contribution in [0.2, 0.25) is 0 Å². The summed E-state index contributed by atoms with van der Waals surface area (Å²) in [6.07, 6.45) is 3.66. The van der Waals surface area contributed by atoms with Gasteiger partial charge in [0.25, 0.3) is 0 Å². The van der Waals surface area contributed by atoms with Gasteiger partial charge in [-0.05, 0) is 39.8 Å². The number of hydrogen-bond acceptors (Lipinski definition) is 4. The van der Waals surface area contributed by atoms with Gasteiger partial charge in [-0.2, -0.15) is 0 Å². The number of carbonyl (C=O) groups is 1. The monoisotopic (exact) mass is 327 g/mol. The highest BCUT2D eigenvalue weighted by Gasteiger charge is 2.24. The molecule has 22 heavy (non-hydrogen) atoms. The van der Waals surface area contributed by atoms with Gasteiger partial charge in [-0.1, -0.05) is 0 Å². The number of rotatable bonds is 4. The van der Waals surface area contributed by atoms with E-state index in [1.165, 1.54) is 0 Å². The summed E-state index contributed by atoms with van der Waals surface area (Å²) < 4.78 is 5.42. The molecule has 1 fully saturated rings. The van der Waals surface area contributed by atoms with Gasteiger partial charge < -0.3 is 15.0 Å².